The number of hydrogen-bond acceptors (Lipinski definition) is 3. The first kappa shape index (κ1) is 12.9. The summed E-state index contributed by atoms with van der Waals surface area (Å²) in [6, 6.07) is 7.50. The predicted molar refractivity (Wildman–Crippen MR) is 71.8 cm³/mol. The standard InChI is InChI=1S/C14H20N2O2/c1-10(2)18-13-5-3-12(4-6-13)16-14(17)11-7-8-15-9-11/h3-6,10-11,15H,7-9H2,1-2H3,(H,16,17). The Morgan fingerprint density at radius 1 is 1.39 bits per heavy atom. The molecule has 0 aromatic heterocycles. The Labute approximate surface area is 108 Å². The Morgan fingerprint density at radius 3 is 2.67 bits per heavy atom. The summed E-state index contributed by atoms with van der Waals surface area (Å²) in [5, 5.41) is 6.12. The average Bonchev–Trinajstić information content (AvgIpc) is 2.84. The highest BCUT2D eigenvalue weighted by Crippen LogP contribution is 2.18. The van der Waals surface area contributed by atoms with Crippen LogP contribution in [0.2, 0.25) is 0 Å². The third-order valence-electron chi connectivity index (χ3n) is 2.92. The minimum atomic E-state index is 0.0941. The first-order chi connectivity index (χ1) is 8.65. The van der Waals surface area contributed by atoms with Gasteiger partial charge in [-0.2, -0.15) is 0 Å². The summed E-state index contributed by atoms with van der Waals surface area (Å²) < 4.78 is 5.55. The molecule has 2 rings (SSSR count). The molecule has 1 aromatic rings. The Balaban J connectivity index is 1.91. The van der Waals surface area contributed by atoms with E-state index in [4.69, 9.17) is 4.74 Å². The van der Waals surface area contributed by atoms with Gasteiger partial charge in [-0.25, -0.2) is 0 Å². The van der Waals surface area contributed by atoms with Gasteiger partial charge in [-0.1, -0.05) is 0 Å². The fourth-order valence-corrected chi connectivity index (χ4v) is 2.01. The van der Waals surface area contributed by atoms with Crippen LogP contribution in [0.5, 0.6) is 5.75 Å². The SMILES string of the molecule is CC(C)Oc1ccc(NC(=O)C2CCNC2)cc1. The van der Waals surface area contributed by atoms with Gasteiger partial charge in [0.25, 0.3) is 0 Å². The van der Waals surface area contributed by atoms with E-state index in [0.717, 1.165) is 30.9 Å². The van der Waals surface area contributed by atoms with Gasteiger partial charge < -0.3 is 15.4 Å². The second kappa shape index (κ2) is 5.87. The number of carbonyl (C=O) groups is 1. The van der Waals surface area contributed by atoms with Crippen LogP contribution in [0.15, 0.2) is 24.3 Å². The second-order valence-electron chi connectivity index (χ2n) is 4.87. The van der Waals surface area contributed by atoms with E-state index < -0.39 is 0 Å². The van der Waals surface area contributed by atoms with Crippen molar-refractivity contribution in [3.05, 3.63) is 24.3 Å². The summed E-state index contributed by atoms with van der Waals surface area (Å²) in [6.07, 6.45) is 1.08. The van der Waals surface area contributed by atoms with Crippen molar-refractivity contribution in [1.29, 1.82) is 0 Å². The molecule has 1 heterocycles. The van der Waals surface area contributed by atoms with Crippen LogP contribution in [0.1, 0.15) is 20.3 Å². The van der Waals surface area contributed by atoms with Crippen molar-refractivity contribution in [2.75, 3.05) is 18.4 Å². The van der Waals surface area contributed by atoms with Crippen LogP contribution in [0.4, 0.5) is 5.69 Å². The summed E-state index contributed by atoms with van der Waals surface area (Å²) >= 11 is 0. The summed E-state index contributed by atoms with van der Waals surface area (Å²) in [6.45, 7) is 5.69. The monoisotopic (exact) mass is 248 g/mol. The van der Waals surface area contributed by atoms with E-state index in [2.05, 4.69) is 10.6 Å². The molecule has 1 fully saturated rings. The third kappa shape index (κ3) is 3.47. The normalized spacial score (nSPS) is 18.9. The van der Waals surface area contributed by atoms with Crippen molar-refractivity contribution in [3.8, 4) is 5.75 Å². The van der Waals surface area contributed by atoms with Gasteiger partial charge in [0.05, 0.1) is 12.0 Å². The van der Waals surface area contributed by atoms with Crippen LogP contribution >= 0.6 is 0 Å². The molecule has 0 bridgehead atoms. The highest BCUT2D eigenvalue weighted by Gasteiger charge is 2.22. The molecule has 1 unspecified atom stereocenters. The number of hydrogen-bond donors (Lipinski definition) is 2. The molecule has 4 nitrogen and oxygen atoms in total. The fourth-order valence-electron chi connectivity index (χ4n) is 2.01. The maximum atomic E-state index is 11.9. The van der Waals surface area contributed by atoms with Gasteiger partial charge in [-0.3, -0.25) is 4.79 Å². The molecule has 1 aliphatic rings. The quantitative estimate of drug-likeness (QED) is 0.857. The molecule has 1 saturated heterocycles. The lowest BCUT2D eigenvalue weighted by Crippen LogP contribution is -2.24. The van der Waals surface area contributed by atoms with E-state index in [9.17, 15) is 4.79 Å². The molecule has 0 spiro atoms. The van der Waals surface area contributed by atoms with Crippen molar-refractivity contribution in [2.24, 2.45) is 5.92 Å². The molecule has 1 aliphatic heterocycles. The molecular formula is C14H20N2O2. The van der Waals surface area contributed by atoms with Crippen LogP contribution < -0.4 is 15.4 Å². The summed E-state index contributed by atoms with van der Waals surface area (Å²) in [5.74, 6) is 1.01. The molecule has 98 valence electrons. The second-order valence-corrected chi connectivity index (χ2v) is 4.87. The number of ether oxygens (including phenoxy) is 1. The summed E-state index contributed by atoms with van der Waals surface area (Å²) in [4.78, 5) is 11.9. The lowest BCUT2D eigenvalue weighted by Gasteiger charge is -2.12. The number of benzene rings is 1. The minimum Gasteiger partial charge on any atom is -0.491 e. The summed E-state index contributed by atoms with van der Waals surface area (Å²) in [5.41, 5.74) is 0.822. The van der Waals surface area contributed by atoms with Crippen molar-refractivity contribution in [3.63, 3.8) is 0 Å². The fraction of sp³-hybridized carbons (Fsp3) is 0.500. The Morgan fingerprint density at radius 2 is 2.11 bits per heavy atom. The number of amides is 1. The van der Waals surface area contributed by atoms with E-state index in [1.807, 2.05) is 38.1 Å². The van der Waals surface area contributed by atoms with E-state index in [-0.39, 0.29) is 17.9 Å². The molecule has 0 saturated carbocycles. The first-order valence-electron chi connectivity index (χ1n) is 6.43. The minimum absolute atomic E-state index is 0.0941. The van der Waals surface area contributed by atoms with Crippen LogP contribution in [-0.4, -0.2) is 25.1 Å². The maximum Gasteiger partial charge on any atom is 0.228 e. The van der Waals surface area contributed by atoms with Gasteiger partial charge in [-0.05, 0) is 51.1 Å². The summed E-state index contributed by atoms with van der Waals surface area (Å²) in [7, 11) is 0. The van der Waals surface area contributed by atoms with E-state index in [0.29, 0.717) is 0 Å². The Kier molecular flexibility index (Phi) is 4.20. The highest BCUT2D eigenvalue weighted by molar-refractivity contribution is 5.92. The molecule has 2 N–H and O–H groups in total. The lowest BCUT2D eigenvalue weighted by molar-refractivity contribution is -0.119. The van der Waals surface area contributed by atoms with E-state index in [1.165, 1.54) is 0 Å². The average molecular weight is 248 g/mol. The lowest BCUT2D eigenvalue weighted by atomic mass is 10.1. The zero-order valence-electron chi connectivity index (χ0n) is 10.9. The van der Waals surface area contributed by atoms with Gasteiger partial charge in [0.15, 0.2) is 0 Å². The van der Waals surface area contributed by atoms with Gasteiger partial charge in [0, 0.05) is 12.2 Å². The first-order valence-corrected chi connectivity index (χ1v) is 6.43. The molecule has 4 heteroatoms. The van der Waals surface area contributed by atoms with Gasteiger partial charge >= 0.3 is 0 Å². The zero-order chi connectivity index (χ0) is 13.0. The number of nitrogens with one attached hydrogen (secondary N) is 2. The smallest absolute Gasteiger partial charge is 0.228 e. The maximum absolute atomic E-state index is 11.9. The molecule has 1 aromatic carbocycles. The number of rotatable bonds is 4. The van der Waals surface area contributed by atoms with Crippen LogP contribution in [0, 0.1) is 5.92 Å². The van der Waals surface area contributed by atoms with Crippen molar-refractivity contribution >= 4 is 11.6 Å². The number of anilines is 1. The predicted octanol–water partition coefficient (Wildman–Crippen LogP) is 2.02. The van der Waals surface area contributed by atoms with Crippen molar-refractivity contribution in [1.82, 2.24) is 5.32 Å². The van der Waals surface area contributed by atoms with Gasteiger partial charge in [-0.15, -0.1) is 0 Å². The van der Waals surface area contributed by atoms with Crippen LogP contribution in [0.25, 0.3) is 0 Å². The Bertz CT molecular complexity index is 395. The van der Waals surface area contributed by atoms with Gasteiger partial charge in [0.2, 0.25) is 5.91 Å². The Hall–Kier alpha value is -1.55. The molecule has 18 heavy (non-hydrogen) atoms. The molecular weight excluding hydrogens is 228 g/mol. The topological polar surface area (TPSA) is 50.4 Å². The largest absolute Gasteiger partial charge is 0.491 e. The zero-order valence-corrected chi connectivity index (χ0v) is 10.9. The van der Waals surface area contributed by atoms with Crippen LogP contribution in [0.3, 0.4) is 0 Å². The van der Waals surface area contributed by atoms with Gasteiger partial charge in [0.1, 0.15) is 5.75 Å². The molecule has 0 radical (unpaired) electrons. The molecule has 1 atom stereocenters. The molecule has 1 amide bonds. The van der Waals surface area contributed by atoms with Crippen molar-refractivity contribution < 1.29 is 9.53 Å². The number of carbonyl (C=O) groups excluding carboxylic acids is 1. The van der Waals surface area contributed by atoms with E-state index >= 15 is 0 Å². The van der Waals surface area contributed by atoms with Crippen LogP contribution in [-0.2, 0) is 4.79 Å². The van der Waals surface area contributed by atoms with E-state index in [1.54, 1.807) is 0 Å². The molecule has 0 aliphatic carbocycles. The highest BCUT2D eigenvalue weighted by atomic mass is 16.5. The third-order valence-corrected chi connectivity index (χ3v) is 2.92. The van der Waals surface area contributed by atoms with Crippen molar-refractivity contribution in [2.45, 2.75) is 26.4 Å².